The maximum atomic E-state index is 12.0. The number of hydrogen-bond acceptors (Lipinski definition) is 3. The van der Waals surface area contributed by atoms with Crippen LogP contribution in [0.25, 0.3) is 0 Å². The van der Waals surface area contributed by atoms with Gasteiger partial charge in [-0.1, -0.05) is 18.2 Å². The number of carbonyl (C=O) groups is 2. The van der Waals surface area contributed by atoms with Gasteiger partial charge in [-0.2, -0.15) is 0 Å². The molecule has 2 rings (SSSR count). The third-order valence-electron chi connectivity index (χ3n) is 4.13. The highest BCUT2D eigenvalue weighted by Crippen LogP contribution is 2.19. The van der Waals surface area contributed by atoms with E-state index in [2.05, 4.69) is 5.32 Å². The normalized spacial score (nSPS) is 18.9. The first-order valence-electron chi connectivity index (χ1n) is 7.68. The van der Waals surface area contributed by atoms with Crippen molar-refractivity contribution in [2.75, 3.05) is 6.61 Å². The second kappa shape index (κ2) is 7.40. The zero-order valence-corrected chi connectivity index (χ0v) is 13.1. The largest absolute Gasteiger partial charge is 0.479 e. The number of nitrogens with one attached hydrogen (secondary N) is 1. The smallest absolute Gasteiger partial charge is 0.330 e. The second-order valence-corrected chi connectivity index (χ2v) is 5.86. The van der Waals surface area contributed by atoms with E-state index in [0.29, 0.717) is 18.4 Å². The first-order valence-corrected chi connectivity index (χ1v) is 7.68. The summed E-state index contributed by atoms with van der Waals surface area (Å²) in [4.78, 5) is 23.5. The second-order valence-electron chi connectivity index (χ2n) is 5.86. The van der Waals surface area contributed by atoms with E-state index in [4.69, 9.17) is 4.74 Å². The van der Waals surface area contributed by atoms with E-state index in [1.54, 1.807) is 6.07 Å². The fraction of sp³-hybridized carbons (Fsp3) is 0.529. The molecule has 5 heteroatoms. The highest BCUT2D eigenvalue weighted by atomic mass is 16.5. The average molecular weight is 305 g/mol. The Morgan fingerprint density at radius 3 is 2.73 bits per heavy atom. The Hall–Kier alpha value is -1.88. The maximum Gasteiger partial charge on any atom is 0.330 e. The Labute approximate surface area is 130 Å². The molecule has 120 valence electrons. The van der Waals surface area contributed by atoms with E-state index < -0.39 is 12.0 Å². The predicted molar refractivity (Wildman–Crippen MR) is 82.6 cm³/mol. The van der Waals surface area contributed by atoms with Crippen molar-refractivity contribution in [1.29, 1.82) is 0 Å². The molecule has 1 heterocycles. The van der Waals surface area contributed by atoms with E-state index in [1.165, 1.54) is 0 Å². The quantitative estimate of drug-likeness (QED) is 0.846. The molecule has 1 saturated heterocycles. The molecule has 22 heavy (non-hydrogen) atoms. The molecule has 2 N–H and O–H groups in total. The highest BCUT2D eigenvalue weighted by molar-refractivity contribution is 5.84. The van der Waals surface area contributed by atoms with Gasteiger partial charge in [-0.3, -0.25) is 4.79 Å². The van der Waals surface area contributed by atoms with Crippen LogP contribution in [0.2, 0.25) is 0 Å². The molecule has 0 saturated carbocycles. The average Bonchev–Trinajstić information content (AvgIpc) is 2.98. The van der Waals surface area contributed by atoms with Gasteiger partial charge in [0.05, 0.1) is 6.10 Å². The standard InChI is InChI=1S/C17H23NO4/c1-11-5-6-13(10-12(11)2)16(17(20)21)18-15(19)8-7-14-4-3-9-22-14/h5-6,10,14,16H,3-4,7-9H2,1-2H3,(H,18,19)(H,20,21). The zero-order chi connectivity index (χ0) is 16.1. The third kappa shape index (κ3) is 4.31. The van der Waals surface area contributed by atoms with Crippen molar-refractivity contribution in [3.63, 3.8) is 0 Å². The maximum absolute atomic E-state index is 12.0. The van der Waals surface area contributed by atoms with Crippen LogP contribution in [0.5, 0.6) is 0 Å². The van der Waals surface area contributed by atoms with E-state index >= 15 is 0 Å². The van der Waals surface area contributed by atoms with E-state index in [-0.39, 0.29) is 12.0 Å². The predicted octanol–water partition coefficient (Wildman–Crippen LogP) is 2.50. The summed E-state index contributed by atoms with van der Waals surface area (Å²) in [5.74, 6) is -1.30. The summed E-state index contributed by atoms with van der Waals surface area (Å²) in [5.41, 5.74) is 2.70. The van der Waals surface area contributed by atoms with Crippen LogP contribution in [0.15, 0.2) is 18.2 Å². The van der Waals surface area contributed by atoms with Crippen molar-refractivity contribution in [3.05, 3.63) is 34.9 Å². The Balaban J connectivity index is 1.97. The molecule has 0 spiro atoms. The molecular weight excluding hydrogens is 282 g/mol. The number of aryl methyl sites for hydroxylation is 2. The van der Waals surface area contributed by atoms with Gasteiger partial charge in [-0.15, -0.1) is 0 Å². The topological polar surface area (TPSA) is 75.6 Å². The van der Waals surface area contributed by atoms with Crippen LogP contribution in [0, 0.1) is 13.8 Å². The molecule has 5 nitrogen and oxygen atoms in total. The molecule has 1 aliphatic rings. The number of aliphatic carboxylic acids is 1. The molecule has 2 atom stereocenters. The van der Waals surface area contributed by atoms with Gasteiger partial charge < -0.3 is 15.2 Å². The van der Waals surface area contributed by atoms with Crippen LogP contribution < -0.4 is 5.32 Å². The summed E-state index contributed by atoms with van der Waals surface area (Å²) in [6, 6.07) is 4.44. The molecule has 1 aliphatic heterocycles. The number of benzene rings is 1. The van der Waals surface area contributed by atoms with Crippen molar-refractivity contribution >= 4 is 11.9 Å². The summed E-state index contributed by atoms with van der Waals surface area (Å²) >= 11 is 0. The number of hydrogen-bond donors (Lipinski definition) is 2. The van der Waals surface area contributed by atoms with Gasteiger partial charge in [0.2, 0.25) is 5.91 Å². The Bertz CT molecular complexity index is 550. The van der Waals surface area contributed by atoms with Gasteiger partial charge in [0, 0.05) is 13.0 Å². The van der Waals surface area contributed by atoms with E-state index in [0.717, 1.165) is 30.6 Å². The van der Waals surface area contributed by atoms with Crippen molar-refractivity contribution in [1.82, 2.24) is 5.32 Å². The van der Waals surface area contributed by atoms with Gasteiger partial charge in [0.1, 0.15) is 0 Å². The Morgan fingerprint density at radius 2 is 2.14 bits per heavy atom. The fourth-order valence-electron chi connectivity index (χ4n) is 2.63. The number of carboxylic acids is 1. The summed E-state index contributed by atoms with van der Waals surface area (Å²) in [6.07, 6.45) is 3.08. The monoisotopic (exact) mass is 305 g/mol. The number of carbonyl (C=O) groups excluding carboxylic acids is 1. The van der Waals surface area contributed by atoms with Gasteiger partial charge in [-0.25, -0.2) is 4.79 Å². The van der Waals surface area contributed by atoms with Crippen molar-refractivity contribution in [2.45, 2.75) is 51.7 Å². The number of ether oxygens (including phenoxy) is 1. The van der Waals surface area contributed by atoms with Crippen LogP contribution >= 0.6 is 0 Å². The number of amides is 1. The minimum absolute atomic E-state index is 0.135. The summed E-state index contributed by atoms with van der Waals surface area (Å²) < 4.78 is 5.47. The molecule has 1 aromatic carbocycles. The molecule has 2 unspecified atom stereocenters. The zero-order valence-electron chi connectivity index (χ0n) is 13.1. The number of carboxylic acid groups (broad SMARTS) is 1. The van der Waals surface area contributed by atoms with Crippen LogP contribution in [-0.2, 0) is 14.3 Å². The van der Waals surface area contributed by atoms with Crippen molar-refractivity contribution in [2.24, 2.45) is 0 Å². The van der Waals surface area contributed by atoms with Crippen LogP contribution in [0.4, 0.5) is 0 Å². The Kier molecular flexibility index (Phi) is 5.55. The highest BCUT2D eigenvalue weighted by Gasteiger charge is 2.23. The lowest BCUT2D eigenvalue weighted by Crippen LogP contribution is -2.34. The van der Waals surface area contributed by atoms with E-state index in [9.17, 15) is 14.7 Å². The lowest BCUT2D eigenvalue weighted by molar-refractivity contribution is -0.142. The Morgan fingerprint density at radius 1 is 1.36 bits per heavy atom. The fourth-order valence-corrected chi connectivity index (χ4v) is 2.63. The molecule has 0 bridgehead atoms. The first kappa shape index (κ1) is 16.5. The molecule has 1 aromatic rings. The van der Waals surface area contributed by atoms with Gasteiger partial charge >= 0.3 is 5.97 Å². The minimum Gasteiger partial charge on any atom is -0.479 e. The number of rotatable bonds is 6. The molecule has 0 radical (unpaired) electrons. The third-order valence-corrected chi connectivity index (χ3v) is 4.13. The SMILES string of the molecule is Cc1ccc(C(NC(=O)CCC2CCCO2)C(=O)O)cc1C. The van der Waals surface area contributed by atoms with Gasteiger partial charge in [-0.05, 0) is 49.8 Å². The first-order chi connectivity index (χ1) is 10.5. The molecule has 0 aromatic heterocycles. The summed E-state index contributed by atoms with van der Waals surface area (Å²) in [6.45, 7) is 4.65. The van der Waals surface area contributed by atoms with Crippen LogP contribution in [-0.4, -0.2) is 29.7 Å². The van der Waals surface area contributed by atoms with Crippen LogP contribution in [0.1, 0.15) is 48.4 Å². The molecule has 0 aliphatic carbocycles. The summed E-state index contributed by atoms with van der Waals surface area (Å²) in [5, 5.41) is 12.0. The van der Waals surface area contributed by atoms with Crippen molar-refractivity contribution < 1.29 is 19.4 Å². The summed E-state index contributed by atoms with van der Waals surface area (Å²) in [7, 11) is 0. The van der Waals surface area contributed by atoms with Crippen LogP contribution in [0.3, 0.4) is 0 Å². The van der Waals surface area contributed by atoms with Gasteiger partial charge in [0.25, 0.3) is 0 Å². The minimum atomic E-state index is -1.05. The lowest BCUT2D eigenvalue weighted by Gasteiger charge is -2.17. The molecule has 1 amide bonds. The lowest BCUT2D eigenvalue weighted by atomic mass is 10.0. The molecular formula is C17H23NO4. The van der Waals surface area contributed by atoms with Gasteiger partial charge in [0.15, 0.2) is 6.04 Å². The van der Waals surface area contributed by atoms with Crippen molar-refractivity contribution in [3.8, 4) is 0 Å². The molecule has 1 fully saturated rings. The van der Waals surface area contributed by atoms with E-state index in [1.807, 2.05) is 26.0 Å².